The van der Waals surface area contributed by atoms with E-state index in [2.05, 4.69) is 27.2 Å². The molecule has 0 aliphatic rings. The molecule has 0 saturated carbocycles. The van der Waals surface area contributed by atoms with Gasteiger partial charge in [0.05, 0.1) is 5.75 Å². The number of carbonyl (C=O) groups excluding carboxylic acids is 1. The third kappa shape index (κ3) is 4.27. The molecular weight excluding hydrogens is 336 g/mol. The van der Waals surface area contributed by atoms with E-state index in [4.69, 9.17) is 0 Å². The summed E-state index contributed by atoms with van der Waals surface area (Å²) in [5.74, 6) is 0.865. The van der Waals surface area contributed by atoms with Crippen molar-refractivity contribution in [3.8, 4) is 0 Å². The molecule has 0 radical (unpaired) electrons. The second-order valence-corrected chi connectivity index (χ2v) is 6.80. The number of fused-ring (bicyclic) bond motifs is 1. The molecule has 0 spiro atoms. The van der Waals surface area contributed by atoms with Crippen LogP contribution in [0.3, 0.4) is 0 Å². The number of amides is 1. The molecule has 1 amide bonds. The van der Waals surface area contributed by atoms with E-state index < -0.39 is 0 Å². The van der Waals surface area contributed by atoms with Gasteiger partial charge in [-0.05, 0) is 23.8 Å². The summed E-state index contributed by atoms with van der Waals surface area (Å²) in [6, 6.07) is 9.98. The van der Waals surface area contributed by atoms with Gasteiger partial charge >= 0.3 is 0 Å². The molecule has 2 heterocycles. The molecule has 2 aromatic heterocycles. The van der Waals surface area contributed by atoms with Crippen LogP contribution in [-0.4, -0.2) is 57.3 Å². The van der Waals surface area contributed by atoms with Crippen LogP contribution < -0.4 is 4.90 Å². The lowest BCUT2D eigenvalue weighted by atomic mass is 10.2. The van der Waals surface area contributed by atoms with Crippen LogP contribution in [-0.2, 0) is 11.3 Å². The van der Waals surface area contributed by atoms with E-state index in [1.165, 1.54) is 11.8 Å². The molecule has 130 valence electrons. The summed E-state index contributed by atoms with van der Waals surface area (Å²) >= 11 is 1.32. The number of benzene rings is 1. The highest BCUT2D eigenvalue weighted by Gasteiger charge is 2.12. The van der Waals surface area contributed by atoms with Gasteiger partial charge in [-0.3, -0.25) is 4.79 Å². The van der Waals surface area contributed by atoms with Crippen LogP contribution in [0.25, 0.3) is 5.78 Å². The number of hydrogen-bond donors (Lipinski definition) is 0. The number of anilines is 1. The van der Waals surface area contributed by atoms with Crippen LogP contribution >= 0.6 is 11.8 Å². The third-order valence-corrected chi connectivity index (χ3v) is 4.54. The molecule has 0 unspecified atom stereocenters. The van der Waals surface area contributed by atoms with Crippen molar-refractivity contribution in [1.82, 2.24) is 24.5 Å². The Morgan fingerprint density at radius 2 is 1.96 bits per heavy atom. The third-order valence-electron chi connectivity index (χ3n) is 3.72. The van der Waals surface area contributed by atoms with Gasteiger partial charge in [0.1, 0.15) is 0 Å². The van der Waals surface area contributed by atoms with Gasteiger partial charge in [0.25, 0.3) is 5.78 Å². The van der Waals surface area contributed by atoms with E-state index in [-0.39, 0.29) is 5.91 Å². The minimum atomic E-state index is 0.0356. The van der Waals surface area contributed by atoms with Gasteiger partial charge in [-0.15, -0.1) is 5.10 Å². The molecule has 3 rings (SSSR count). The van der Waals surface area contributed by atoms with Crippen LogP contribution in [0.2, 0.25) is 0 Å². The van der Waals surface area contributed by atoms with Crippen molar-refractivity contribution in [2.45, 2.75) is 11.7 Å². The maximum Gasteiger partial charge on any atom is 0.253 e. The quantitative estimate of drug-likeness (QED) is 0.629. The summed E-state index contributed by atoms with van der Waals surface area (Å²) in [7, 11) is 5.82. The predicted molar refractivity (Wildman–Crippen MR) is 98.7 cm³/mol. The van der Waals surface area contributed by atoms with Gasteiger partial charge in [-0.1, -0.05) is 23.9 Å². The normalized spacial score (nSPS) is 10.8. The Hall–Kier alpha value is -2.61. The fourth-order valence-corrected chi connectivity index (χ4v) is 3.04. The molecule has 0 N–H and O–H groups in total. The lowest BCUT2D eigenvalue weighted by molar-refractivity contribution is -0.127. The summed E-state index contributed by atoms with van der Waals surface area (Å²) < 4.78 is 1.60. The molecule has 25 heavy (non-hydrogen) atoms. The second-order valence-electron chi connectivity index (χ2n) is 5.86. The zero-order valence-corrected chi connectivity index (χ0v) is 15.3. The Morgan fingerprint density at radius 1 is 1.20 bits per heavy atom. The number of nitrogens with zero attached hydrogens (tertiary/aromatic N) is 6. The minimum Gasteiger partial charge on any atom is -0.378 e. The Balaban J connectivity index is 1.55. The molecule has 0 saturated heterocycles. The highest BCUT2D eigenvalue weighted by atomic mass is 32.2. The smallest absolute Gasteiger partial charge is 0.253 e. The number of rotatable bonds is 6. The Kier molecular flexibility index (Phi) is 5.18. The van der Waals surface area contributed by atoms with Crippen LogP contribution in [0.4, 0.5) is 5.69 Å². The summed E-state index contributed by atoms with van der Waals surface area (Å²) in [4.78, 5) is 24.5. The van der Waals surface area contributed by atoms with Crippen molar-refractivity contribution in [3.63, 3.8) is 0 Å². The first-order chi connectivity index (χ1) is 12.0. The van der Waals surface area contributed by atoms with E-state index in [0.717, 1.165) is 11.3 Å². The zero-order valence-electron chi connectivity index (χ0n) is 14.5. The maximum atomic E-state index is 12.3. The van der Waals surface area contributed by atoms with Crippen molar-refractivity contribution in [1.29, 1.82) is 0 Å². The summed E-state index contributed by atoms with van der Waals surface area (Å²) in [5.41, 5.74) is 2.24. The van der Waals surface area contributed by atoms with E-state index >= 15 is 0 Å². The molecule has 0 aliphatic heterocycles. The van der Waals surface area contributed by atoms with Gasteiger partial charge in [0.15, 0.2) is 0 Å². The van der Waals surface area contributed by atoms with Crippen LogP contribution in [0.5, 0.6) is 0 Å². The van der Waals surface area contributed by atoms with Gasteiger partial charge in [-0.25, -0.2) is 9.50 Å². The van der Waals surface area contributed by atoms with Crippen LogP contribution in [0.1, 0.15) is 5.56 Å². The van der Waals surface area contributed by atoms with E-state index in [1.54, 1.807) is 34.9 Å². The molecule has 7 nitrogen and oxygen atoms in total. The van der Waals surface area contributed by atoms with E-state index in [9.17, 15) is 4.79 Å². The monoisotopic (exact) mass is 356 g/mol. The second kappa shape index (κ2) is 7.52. The van der Waals surface area contributed by atoms with Crippen molar-refractivity contribution in [2.24, 2.45) is 0 Å². The molecule has 0 aliphatic carbocycles. The topological polar surface area (TPSA) is 66.6 Å². The van der Waals surface area contributed by atoms with Gasteiger partial charge in [-0.2, -0.15) is 4.98 Å². The first-order valence-corrected chi connectivity index (χ1v) is 8.82. The van der Waals surface area contributed by atoms with Crippen molar-refractivity contribution in [2.75, 3.05) is 31.8 Å². The largest absolute Gasteiger partial charge is 0.378 e. The lowest BCUT2D eigenvalue weighted by Crippen LogP contribution is -2.27. The van der Waals surface area contributed by atoms with Gasteiger partial charge < -0.3 is 9.80 Å². The fraction of sp³-hybridized carbons (Fsp3) is 0.294. The van der Waals surface area contributed by atoms with Gasteiger partial charge in [0, 0.05) is 45.8 Å². The molecule has 0 fully saturated rings. The van der Waals surface area contributed by atoms with Crippen molar-refractivity contribution < 1.29 is 4.79 Å². The number of thioether (sulfide) groups is 1. The van der Waals surface area contributed by atoms with Gasteiger partial charge in [0.2, 0.25) is 11.1 Å². The molecule has 8 heteroatoms. The van der Waals surface area contributed by atoms with E-state index in [1.807, 2.05) is 31.1 Å². The molecular formula is C17H20N6OS. The standard InChI is InChI=1S/C17H20N6OS/c1-21(2)14-7-5-13(6-8-14)11-22(3)15(24)12-25-17-19-16-18-9-4-10-23(16)20-17/h4-10H,11-12H2,1-3H3. The first kappa shape index (κ1) is 17.2. The van der Waals surface area contributed by atoms with Crippen LogP contribution in [0.15, 0.2) is 47.9 Å². The minimum absolute atomic E-state index is 0.0356. The van der Waals surface area contributed by atoms with Crippen LogP contribution in [0, 0.1) is 0 Å². The Bertz CT molecular complexity index is 828. The highest BCUT2D eigenvalue weighted by Crippen LogP contribution is 2.16. The Labute approximate surface area is 150 Å². The Morgan fingerprint density at radius 3 is 2.64 bits per heavy atom. The molecule has 0 bridgehead atoms. The average Bonchev–Trinajstić information content (AvgIpc) is 3.03. The summed E-state index contributed by atoms with van der Waals surface area (Å²) in [5, 5.41) is 4.84. The maximum absolute atomic E-state index is 12.3. The number of carbonyl (C=O) groups is 1. The lowest BCUT2D eigenvalue weighted by Gasteiger charge is -2.18. The predicted octanol–water partition coefficient (Wildman–Crippen LogP) is 1.94. The van der Waals surface area contributed by atoms with Crippen molar-refractivity contribution in [3.05, 3.63) is 48.3 Å². The fourth-order valence-electron chi connectivity index (χ4n) is 2.27. The van der Waals surface area contributed by atoms with Crippen molar-refractivity contribution >= 4 is 29.1 Å². The van der Waals surface area contributed by atoms with E-state index in [0.29, 0.717) is 23.2 Å². The highest BCUT2D eigenvalue weighted by molar-refractivity contribution is 7.99. The summed E-state index contributed by atoms with van der Waals surface area (Å²) in [6.07, 6.45) is 3.45. The average molecular weight is 356 g/mol. The number of hydrogen-bond acceptors (Lipinski definition) is 6. The SMILES string of the molecule is CN(Cc1ccc(N(C)C)cc1)C(=O)CSc1nc2ncccn2n1. The molecule has 0 atom stereocenters. The summed E-state index contributed by atoms with van der Waals surface area (Å²) in [6.45, 7) is 0.577. The zero-order chi connectivity index (χ0) is 17.8. The first-order valence-electron chi connectivity index (χ1n) is 7.83. The number of aromatic nitrogens is 4. The molecule has 3 aromatic rings. The molecule has 1 aromatic carbocycles.